The zero-order valence-electron chi connectivity index (χ0n) is 9.76. The molecule has 0 spiro atoms. The Labute approximate surface area is 118 Å². The van der Waals surface area contributed by atoms with E-state index in [0.717, 1.165) is 4.90 Å². The van der Waals surface area contributed by atoms with Gasteiger partial charge in [-0.2, -0.15) is 0 Å². The van der Waals surface area contributed by atoms with Crippen molar-refractivity contribution in [1.82, 2.24) is 0 Å². The van der Waals surface area contributed by atoms with Gasteiger partial charge >= 0.3 is 0 Å². The SMILES string of the molecule is Nc1ccc(N2C(=O)c3ccccc3C2=O)cc1Br. The van der Waals surface area contributed by atoms with Gasteiger partial charge in [0.05, 0.1) is 16.8 Å². The third-order valence-electron chi connectivity index (χ3n) is 3.04. The first-order valence-electron chi connectivity index (χ1n) is 5.62. The van der Waals surface area contributed by atoms with Gasteiger partial charge in [0.25, 0.3) is 11.8 Å². The molecule has 5 heteroatoms. The lowest BCUT2D eigenvalue weighted by Crippen LogP contribution is -2.29. The third kappa shape index (κ3) is 1.74. The van der Waals surface area contributed by atoms with Gasteiger partial charge in [0.1, 0.15) is 0 Å². The van der Waals surface area contributed by atoms with E-state index in [0.29, 0.717) is 27.0 Å². The monoisotopic (exact) mass is 316 g/mol. The molecule has 1 aliphatic heterocycles. The number of rotatable bonds is 1. The van der Waals surface area contributed by atoms with Crippen molar-refractivity contribution < 1.29 is 9.59 Å². The van der Waals surface area contributed by atoms with Crippen LogP contribution in [0.25, 0.3) is 0 Å². The Morgan fingerprint density at radius 1 is 0.947 bits per heavy atom. The van der Waals surface area contributed by atoms with Crippen LogP contribution in [0.15, 0.2) is 46.9 Å². The highest BCUT2D eigenvalue weighted by atomic mass is 79.9. The number of nitrogens with two attached hydrogens (primary N) is 1. The first-order chi connectivity index (χ1) is 9.09. The van der Waals surface area contributed by atoms with Crippen molar-refractivity contribution >= 4 is 39.1 Å². The summed E-state index contributed by atoms with van der Waals surface area (Å²) in [6, 6.07) is 11.8. The molecule has 1 heterocycles. The molecule has 2 N–H and O–H groups in total. The van der Waals surface area contributed by atoms with Gasteiger partial charge in [-0.25, -0.2) is 4.90 Å². The number of amides is 2. The number of hydrogen-bond donors (Lipinski definition) is 1. The van der Waals surface area contributed by atoms with E-state index in [9.17, 15) is 9.59 Å². The maximum Gasteiger partial charge on any atom is 0.266 e. The lowest BCUT2D eigenvalue weighted by molar-refractivity contribution is 0.0926. The number of benzene rings is 2. The Bertz CT molecular complexity index is 677. The second-order valence-corrected chi connectivity index (χ2v) is 5.05. The number of hydrogen-bond acceptors (Lipinski definition) is 3. The largest absolute Gasteiger partial charge is 0.398 e. The van der Waals surface area contributed by atoms with E-state index in [1.165, 1.54) is 0 Å². The Balaban J connectivity index is 2.11. The summed E-state index contributed by atoms with van der Waals surface area (Å²) in [5.74, 6) is -0.616. The molecule has 1 aliphatic rings. The highest BCUT2D eigenvalue weighted by molar-refractivity contribution is 9.10. The summed E-state index contributed by atoms with van der Waals surface area (Å²) in [5.41, 5.74) is 7.63. The van der Waals surface area contributed by atoms with Crippen molar-refractivity contribution in [2.24, 2.45) is 0 Å². The maximum atomic E-state index is 12.3. The van der Waals surface area contributed by atoms with Gasteiger partial charge in [-0.1, -0.05) is 12.1 Å². The highest BCUT2D eigenvalue weighted by Crippen LogP contribution is 2.31. The van der Waals surface area contributed by atoms with Crippen LogP contribution in [0.4, 0.5) is 11.4 Å². The first kappa shape index (κ1) is 11.9. The molecule has 0 aliphatic carbocycles. The summed E-state index contributed by atoms with van der Waals surface area (Å²) in [6.45, 7) is 0. The van der Waals surface area contributed by atoms with Crippen LogP contribution >= 0.6 is 15.9 Å². The number of nitrogens with zero attached hydrogens (tertiary/aromatic N) is 1. The van der Waals surface area contributed by atoms with Crippen molar-refractivity contribution in [3.63, 3.8) is 0 Å². The second kappa shape index (κ2) is 4.20. The van der Waals surface area contributed by atoms with Gasteiger partial charge in [0, 0.05) is 10.2 Å². The van der Waals surface area contributed by atoms with Gasteiger partial charge in [-0.3, -0.25) is 9.59 Å². The van der Waals surface area contributed by atoms with Crippen molar-refractivity contribution in [3.05, 3.63) is 58.1 Å². The van der Waals surface area contributed by atoms with Crippen LogP contribution in [-0.4, -0.2) is 11.8 Å². The average molecular weight is 317 g/mol. The number of carbonyl (C=O) groups is 2. The summed E-state index contributed by atoms with van der Waals surface area (Å²) < 4.78 is 0.654. The Kier molecular flexibility index (Phi) is 2.64. The zero-order chi connectivity index (χ0) is 13.6. The van der Waals surface area contributed by atoms with Crippen LogP contribution in [0.1, 0.15) is 20.7 Å². The van der Waals surface area contributed by atoms with Crippen LogP contribution in [0.2, 0.25) is 0 Å². The van der Waals surface area contributed by atoms with E-state index in [4.69, 9.17) is 5.73 Å². The van der Waals surface area contributed by atoms with E-state index in [1.807, 2.05) is 0 Å². The number of anilines is 2. The zero-order valence-corrected chi connectivity index (χ0v) is 11.3. The third-order valence-corrected chi connectivity index (χ3v) is 3.72. The Hall–Kier alpha value is -2.14. The van der Waals surface area contributed by atoms with E-state index in [2.05, 4.69) is 15.9 Å². The lowest BCUT2D eigenvalue weighted by atomic mass is 10.1. The van der Waals surface area contributed by atoms with Crippen LogP contribution in [-0.2, 0) is 0 Å². The van der Waals surface area contributed by atoms with Crippen LogP contribution < -0.4 is 10.6 Å². The highest BCUT2D eigenvalue weighted by Gasteiger charge is 2.36. The van der Waals surface area contributed by atoms with E-state index >= 15 is 0 Å². The summed E-state index contributed by atoms with van der Waals surface area (Å²) in [6.07, 6.45) is 0. The summed E-state index contributed by atoms with van der Waals surface area (Å²) >= 11 is 3.29. The molecular weight excluding hydrogens is 308 g/mol. The summed E-state index contributed by atoms with van der Waals surface area (Å²) in [7, 11) is 0. The van der Waals surface area contributed by atoms with Gasteiger partial charge in [0.2, 0.25) is 0 Å². The smallest absolute Gasteiger partial charge is 0.266 e. The second-order valence-electron chi connectivity index (χ2n) is 4.20. The molecule has 2 aromatic carbocycles. The summed E-state index contributed by atoms with van der Waals surface area (Å²) in [4.78, 5) is 25.7. The molecule has 0 saturated heterocycles. The van der Waals surface area contributed by atoms with E-state index < -0.39 is 0 Å². The molecule has 0 atom stereocenters. The molecule has 0 aromatic heterocycles. The standard InChI is InChI=1S/C14H9BrN2O2/c15-11-7-8(5-6-12(11)16)17-13(18)9-3-1-2-4-10(9)14(17)19/h1-7H,16H2. The fourth-order valence-electron chi connectivity index (χ4n) is 2.08. The van der Waals surface area contributed by atoms with Crippen LogP contribution in [0.3, 0.4) is 0 Å². The molecular formula is C14H9BrN2O2. The number of carbonyl (C=O) groups excluding carboxylic acids is 2. The predicted molar refractivity (Wildman–Crippen MR) is 76.1 cm³/mol. The minimum Gasteiger partial charge on any atom is -0.398 e. The maximum absolute atomic E-state index is 12.3. The van der Waals surface area contributed by atoms with E-state index in [1.54, 1.807) is 42.5 Å². The fraction of sp³-hybridized carbons (Fsp3) is 0. The predicted octanol–water partition coefficient (Wildman–Crippen LogP) is 2.83. The van der Waals surface area contributed by atoms with Crippen molar-refractivity contribution in [3.8, 4) is 0 Å². The molecule has 19 heavy (non-hydrogen) atoms. The quantitative estimate of drug-likeness (QED) is 0.650. The molecule has 0 radical (unpaired) electrons. The minimum absolute atomic E-state index is 0.308. The first-order valence-corrected chi connectivity index (χ1v) is 6.42. The molecule has 3 rings (SSSR count). The van der Waals surface area contributed by atoms with Crippen molar-refractivity contribution in [2.75, 3.05) is 10.6 Å². The van der Waals surface area contributed by atoms with E-state index in [-0.39, 0.29) is 11.8 Å². The van der Waals surface area contributed by atoms with Crippen LogP contribution in [0, 0.1) is 0 Å². The molecule has 2 amide bonds. The van der Waals surface area contributed by atoms with Crippen LogP contribution in [0.5, 0.6) is 0 Å². The van der Waals surface area contributed by atoms with Gasteiger partial charge in [-0.05, 0) is 46.3 Å². The van der Waals surface area contributed by atoms with Crippen molar-refractivity contribution in [2.45, 2.75) is 0 Å². The molecule has 4 nitrogen and oxygen atoms in total. The molecule has 0 bridgehead atoms. The molecule has 0 fully saturated rings. The summed E-state index contributed by atoms with van der Waals surface area (Å²) in [5, 5.41) is 0. The van der Waals surface area contributed by atoms with Crippen molar-refractivity contribution in [1.29, 1.82) is 0 Å². The molecule has 0 saturated carbocycles. The van der Waals surface area contributed by atoms with Gasteiger partial charge < -0.3 is 5.73 Å². The lowest BCUT2D eigenvalue weighted by Gasteiger charge is -2.14. The number of imide groups is 1. The average Bonchev–Trinajstić information content (AvgIpc) is 2.66. The Morgan fingerprint density at radius 2 is 1.53 bits per heavy atom. The normalized spacial score (nSPS) is 13.8. The fourth-order valence-corrected chi connectivity index (χ4v) is 2.45. The number of nitrogen functional groups attached to an aromatic ring is 1. The minimum atomic E-state index is -0.308. The number of fused-ring (bicyclic) bond motifs is 1. The number of halogens is 1. The molecule has 2 aromatic rings. The van der Waals surface area contributed by atoms with Gasteiger partial charge in [0.15, 0.2) is 0 Å². The van der Waals surface area contributed by atoms with Gasteiger partial charge in [-0.15, -0.1) is 0 Å². The topological polar surface area (TPSA) is 63.4 Å². The molecule has 0 unspecified atom stereocenters. The Morgan fingerprint density at radius 3 is 2.05 bits per heavy atom. The molecule has 94 valence electrons.